The molecule has 132 valence electrons. The van der Waals surface area contributed by atoms with Crippen molar-refractivity contribution in [1.29, 1.82) is 0 Å². The van der Waals surface area contributed by atoms with Crippen LogP contribution in [0.3, 0.4) is 0 Å². The number of likely N-dealkylation sites (tertiary alicyclic amines) is 1. The molecule has 0 aromatic heterocycles. The van der Waals surface area contributed by atoms with Gasteiger partial charge in [0, 0.05) is 52.4 Å². The number of amides is 1. The van der Waals surface area contributed by atoms with Crippen molar-refractivity contribution in [3.8, 4) is 0 Å². The molecule has 0 radical (unpaired) electrons. The number of likely N-dealkylation sites (N-methyl/N-ethyl adjacent to an activating group) is 1. The molecular weight excluding hydrogens is 294 g/mol. The number of ether oxygens (including phenoxy) is 2. The molecule has 0 bridgehead atoms. The van der Waals surface area contributed by atoms with Crippen molar-refractivity contribution in [1.82, 2.24) is 14.7 Å². The number of nitrogens with zero attached hydrogens (tertiary/aromatic N) is 3. The Kier molecular flexibility index (Phi) is 5.91. The number of carbonyl (C=O) groups is 1. The Bertz CT molecular complexity index is 401. The van der Waals surface area contributed by atoms with Gasteiger partial charge in [0.2, 0.25) is 5.91 Å². The van der Waals surface area contributed by atoms with Crippen LogP contribution in [0.25, 0.3) is 0 Å². The van der Waals surface area contributed by atoms with E-state index in [0.717, 1.165) is 52.2 Å². The molecule has 0 N–H and O–H groups in total. The number of carbonyl (C=O) groups excluding carboxylic acids is 1. The predicted octanol–water partition coefficient (Wildman–Crippen LogP) is 0.419. The van der Waals surface area contributed by atoms with E-state index in [-0.39, 0.29) is 5.91 Å². The van der Waals surface area contributed by atoms with E-state index >= 15 is 0 Å². The SMILES string of the molecule is COC1CCN([C@H]2CCC[C@H]2N(C)C(=O)CN2CCOCC2)C1. The van der Waals surface area contributed by atoms with E-state index < -0.39 is 0 Å². The zero-order valence-corrected chi connectivity index (χ0v) is 14.6. The van der Waals surface area contributed by atoms with Gasteiger partial charge < -0.3 is 14.4 Å². The third-order valence-electron chi connectivity index (χ3n) is 5.78. The maximum atomic E-state index is 12.7. The van der Waals surface area contributed by atoms with Crippen molar-refractivity contribution in [3.05, 3.63) is 0 Å². The van der Waals surface area contributed by atoms with Gasteiger partial charge in [-0.3, -0.25) is 14.6 Å². The average molecular weight is 325 g/mol. The van der Waals surface area contributed by atoms with Gasteiger partial charge in [0.05, 0.1) is 25.9 Å². The van der Waals surface area contributed by atoms with Crippen molar-refractivity contribution in [3.63, 3.8) is 0 Å². The van der Waals surface area contributed by atoms with Crippen molar-refractivity contribution >= 4 is 5.91 Å². The summed E-state index contributed by atoms with van der Waals surface area (Å²) in [6.45, 7) is 5.88. The summed E-state index contributed by atoms with van der Waals surface area (Å²) in [6, 6.07) is 0.868. The van der Waals surface area contributed by atoms with Gasteiger partial charge in [-0.2, -0.15) is 0 Å². The van der Waals surface area contributed by atoms with Crippen molar-refractivity contribution in [2.75, 3.05) is 60.1 Å². The summed E-state index contributed by atoms with van der Waals surface area (Å²) >= 11 is 0. The van der Waals surface area contributed by atoms with Gasteiger partial charge in [-0.05, 0) is 25.7 Å². The number of methoxy groups -OCH3 is 1. The van der Waals surface area contributed by atoms with E-state index in [0.29, 0.717) is 24.7 Å². The minimum atomic E-state index is 0.256. The monoisotopic (exact) mass is 325 g/mol. The molecule has 3 atom stereocenters. The standard InChI is InChI=1S/C17H31N3O3/c1-18(17(21)13-19-8-10-23-11-9-19)15-4-3-5-16(15)20-7-6-14(12-20)22-2/h14-16H,3-13H2,1-2H3/t14?,15-,16+/m1/s1. The highest BCUT2D eigenvalue weighted by atomic mass is 16.5. The highest BCUT2D eigenvalue weighted by molar-refractivity contribution is 5.78. The molecule has 1 amide bonds. The van der Waals surface area contributed by atoms with Crippen molar-refractivity contribution in [2.45, 2.75) is 43.9 Å². The molecule has 0 aromatic carbocycles. The van der Waals surface area contributed by atoms with Crippen LogP contribution in [0, 0.1) is 0 Å². The van der Waals surface area contributed by atoms with Gasteiger partial charge in [0.15, 0.2) is 0 Å². The second-order valence-electron chi connectivity index (χ2n) is 7.10. The fourth-order valence-corrected chi connectivity index (χ4v) is 4.29. The lowest BCUT2D eigenvalue weighted by molar-refractivity contribution is -0.135. The highest BCUT2D eigenvalue weighted by Crippen LogP contribution is 2.30. The fraction of sp³-hybridized carbons (Fsp3) is 0.941. The molecule has 1 aliphatic carbocycles. The Morgan fingerprint density at radius 3 is 2.70 bits per heavy atom. The lowest BCUT2D eigenvalue weighted by Gasteiger charge is -2.36. The Morgan fingerprint density at radius 2 is 2.00 bits per heavy atom. The largest absolute Gasteiger partial charge is 0.380 e. The van der Waals surface area contributed by atoms with Crippen LogP contribution in [0.5, 0.6) is 0 Å². The van der Waals surface area contributed by atoms with Crippen molar-refractivity contribution < 1.29 is 14.3 Å². The summed E-state index contributed by atoms with van der Waals surface area (Å²) < 4.78 is 10.9. The molecule has 6 heteroatoms. The molecule has 6 nitrogen and oxygen atoms in total. The minimum absolute atomic E-state index is 0.256. The summed E-state index contributed by atoms with van der Waals surface area (Å²) in [6.07, 6.45) is 5.04. The van der Waals surface area contributed by atoms with Gasteiger partial charge in [-0.25, -0.2) is 0 Å². The summed E-state index contributed by atoms with van der Waals surface area (Å²) in [5.74, 6) is 0.256. The van der Waals surface area contributed by atoms with Gasteiger partial charge in [0.1, 0.15) is 0 Å². The average Bonchev–Trinajstić information content (AvgIpc) is 3.23. The first-order chi connectivity index (χ1) is 11.2. The maximum absolute atomic E-state index is 12.7. The Balaban J connectivity index is 1.54. The van der Waals surface area contributed by atoms with Crippen LogP contribution in [-0.4, -0.2) is 98.9 Å². The molecule has 3 aliphatic rings. The third-order valence-corrected chi connectivity index (χ3v) is 5.78. The summed E-state index contributed by atoms with van der Waals surface area (Å²) in [5.41, 5.74) is 0. The van der Waals surface area contributed by atoms with E-state index in [9.17, 15) is 4.79 Å². The molecule has 1 unspecified atom stereocenters. The molecule has 0 aromatic rings. The predicted molar refractivity (Wildman–Crippen MR) is 88.4 cm³/mol. The second kappa shape index (κ2) is 7.92. The molecule has 2 aliphatic heterocycles. The lowest BCUT2D eigenvalue weighted by atomic mass is 10.1. The molecular formula is C17H31N3O3. The van der Waals surface area contributed by atoms with Crippen LogP contribution in [0.2, 0.25) is 0 Å². The molecule has 23 heavy (non-hydrogen) atoms. The molecule has 1 saturated carbocycles. The topological polar surface area (TPSA) is 45.2 Å². The van der Waals surface area contributed by atoms with Crippen molar-refractivity contribution in [2.24, 2.45) is 0 Å². The quantitative estimate of drug-likeness (QED) is 0.733. The van der Waals surface area contributed by atoms with Gasteiger partial charge in [0.25, 0.3) is 0 Å². The van der Waals surface area contributed by atoms with Crippen LogP contribution in [0.4, 0.5) is 0 Å². The molecule has 3 rings (SSSR count). The summed E-state index contributed by atoms with van der Waals surface area (Å²) in [5, 5.41) is 0. The Labute approximate surface area is 139 Å². The molecule has 2 heterocycles. The number of rotatable bonds is 5. The zero-order valence-electron chi connectivity index (χ0n) is 14.6. The van der Waals surface area contributed by atoms with E-state index in [4.69, 9.17) is 9.47 Å². The van der Waals surface area contributed by atoms with Crippen LogP contribution in [0.1, 0.15) is 25.7 Å². The number of morpholine rings is 1. The first-order valence-corrected chi connectivity index (χ1v) is 9.01. The van der Waals surface area contributed by atoms with Crippen LogP contribution in [-0.2, 0) is 14.3 Å². The maximum Gasteiger partial charge on any atom is 0.236 e. The first kappa shape index (κ1) is 17.1. The lowest BCUT2D eigenvalue weighted by Crippen LogP contribution is -2.52. The summed E-state index contributed by atoms with van der Waals surface area (Å²) in [7, 11) is 3.80. The van der Waals surface area contributed by atoms with E-state index in [1.807, 2.05) is 11.9 Å². The normalized spacial score (nSPS) is 33.2. The van der Waals surface area contributed by atoms with Crippen LogP contribution >= 0.6 is 0 Å². The number of hydrogen-bond acceptors (Lipinski definition) is 5. The van der Waals surface area contributed by atoms with E-state index in [2.05, 4.69) is 9.80 Å². The smallest absolute Gasteiger partial charge is 0.236 e. The molecule has 3 fully saturated rings. The Hall–Kier alpha value is -0.690. The van der Waals surface area contributed by atoms with Gasteiger partial charge >= 0.3 is 0 Å². The third kappa shape index (κ3) is 4.05. The molecule has 2 saturated heterocycles. The minimum Gasteiger partial charge on any atom is -0.380 e. The highest BCUT2D eigenvalue weighted by Gasteiger charge is 2.39. The zero-order chi connectivity index (χ0) is 16.2. The van der Waals surface area contributed by atoms with E-state index in [1.165, 1.54) is 12.8 Å². The second-order valence-corrected chi connectivity index (χ2v) is 7.10. The number of hydrogen-bond donors (Lipinski definition) is 0. The van der Waals surface area contributed by atoms with Gasteiger partial charge in [-0.1, -0.05) is 0 Å². The van der Waals surface area contributed by atoms with Gasteiger partial charge in [-0.15, -0.1) is 0 Å². The van der Waals surface area contributed by atoms with E-state index in [1.54, 1.807) is 7.11 Å². The Morgan fingerprint density at radius 1 is 1.22 bits per heavy atom. The fourth-order valence-electron chi connectivity index (χ4n) is 4.29. The molecule has 0 spiro atoms. The summed E-state index contributed by atoms with van der Waals surface area (Å²) in [4.78, 5) is 19.5. The van der Waals surface area contributed by atoms with Crippen LogP contribution in [0.15, 0.2) is 0 Å². The van der Waals surface area contributed by atoms with Crippen LogP contribution < -0.4 is 0 Å². The first-order valence-electron chi connectivity index (χ1n) is 9.01.